The fraction of sp³-hybridized carbons (Fsp3) is 0.607. The molecular weight excluding hydrogens is 559 g/mol. The SMILES string of the molecule is CCC[C@H](NC(=O)[C@@H]1[C@@H]2[C@H](CN1C(=O)[C@@H](NC(=O)OC(C)(C)C)C1Cc3ccccc3C1)C2(Cl)Cl)C(=O)C(N)=O. The highest BCUT2D eigenvalue weighted by Crippen LogP contribution is 2.65. The summed E-state index contributed by atoms with van der Waals surface area (Å²) in [6.45, 7) is 7.07. The number of carbonyl (C=O) groups is 5. The molecule has 4 rings (SSSR count). The van der Waals surface area contributed by atoms with Crippen molar-refractivity contribution in [3.05, 3.63) is 35.4 Å². The molecule has 1 heterocycles. The van der Waals surface area contributed by atoms with Crippen molar-refractivity contribution in [2.75, 3.05) is 6.54 Å². The quantitative estimate of drug-likeness (QED) is 0.295. The molecule has 4 amide bonds. The number of likely N-dealkylation sites (tertiary alicyclic amines) is 1. The van der Waals surface area contributed by atoms with E-state index in [-0.39, 0.29) is 24.8 Å². The third-order valence-corrected chi connectivity index (χ3v) is 8.89. The fourth-order valence-corrected chi connectivity index (χ4v) is 6.77. The highest BCUT2D eigenvalue weighted by atomic mass is 35.5. The Morgan fingerprint density at radius 2 is 1.70 bits per heavy atom. The number of ketones is 1. The first-order chi connectivity index (χ1) is 18.7. The van der Waals surface area contributed by atoms with Gasteiger partial charge in [-0.15, -0.1) is 23.2 Å². The minimum absolute atomic E-state index is 0.100. The molecule has 4 N–H and O–H groups in total. The van der Waals surface area contributed by atoms with Gasteiger partial charge in [0.1, 0.15) is 22.0 Å². The maximum Gasteiger partial charge on any atom is 0.408 e. The summed E-state index contributed by atoms with van der Waals surface area (Å²) in [6, 6.07) is 4.61. The van der Waals surface area contributed by atoms with Gasteiger partial charge in [0.15, 0.2) is 0 Å². The monoisotopic (exact) mass is 594 g/mol. The van der Waals surface area contributed by atoms with Gasteiger partial charge in [-0.25, -0.2) is 4.79 Å². The average Bonchev–Trinajstić information content (AvgIpc) is 3.24. The number of nitrogens with one attached hydrogen (secondary N) is 2. The average molecular weight is 596 g/mol. The first-order valence-corrected chi connectivity index (χ1v) is 14.3. The van der Waals surface area contributed by atoms with Crippen molar-refractivity contribution in [3.8, 4) is 0 Å². The topological polar surface area (TPSA) is 148 Å². The van der Waals surface area contributed by atoms with Gasteiger partial charge >= 0.3 is 6.09 Å². The van der Waals surface area contributed by atoms with E-state index in [0.717, 1.165) is 11.1 Å². The van der Waals surface area contributed by atoms with Gasteiger partial charge in [-0.3, -0.25) is 19.2 Å². The van der Waals surface area contributed by atoms with Crippen LogP contribution in [0.3, 0.4) is 0 Å². The molecular formula is C28H36Cl2N4O6. The fourth-order valence-electron chi connectivity index (χ4n) is 5.94. The van der Waals surface area contributed by atoms with Crippen LogP contribution in [0.1, 0.15) is 51.7 Å². The number of alkyl carbamates (subject to hydrolysis) is 1. The normalized spacial score (nSPS) is 24.4. The summed E-state index contributed by atoms with van der Waals surface area (Å²) >= 11 is 12.9. The molecule has 2 aliphatic carbocycles. The molecule has 0 unspecified atom stereocenters. The Balaban J connectivity index is 1.60. The van der Waals surface area contributed by atoms with Crippen molar-refractivity contribution in [1.29, 1.82) is 0 Å². The lowest BCUT2D eigenvalue weighted by Gasteiger charge is -2.35. The zero-order valence-electron chi connectivity index (χ0n) is 23.0. The van der Waals surface area contributed by atoms with E-state index < -0.39 is 63.6 Å². The summed E-state index contributed by atoms with van der Waals surface area (Å²) in [4.78, 5) is 65.9. The lowest BCUT2D eigenvalue weighted by Crippen LogP contribution is -2.59. The highest BCUT2D eigenvalue weighted by Gasteiger charge is 2.74. The van der Waals surface area contributed by atoms with Crippen molar-refractivity contribution in [1.82, 2.24) is 15.5 Å². The number of nitrogens with two attached hydrogens (primary N) is 1. The molecule has 1 aliphatic heterocycles. The van der Waals surface area contributed by atoms with E-state index in [1.54, 1.807) is 27.7 Å². The van der Waals surface area contributed by atoms with Gasteiger partial charge < -0.3 is 26.0 Å². The van der Waals surface area contributed by atoms with Crippen LogP contribution in [0.2, 0.25) is 0 Å². The number of rotatable bonds is 9. The molecule has 218 valence electrons. The van der Waals surface area contributed by atoms with Crippen molar-refractivity contribution >= 4 is 52.8 Å². The predicted octanol–water partition coefficient (Wildman–Crippen LogP) is 2.26. The number of amides is 4. The number of hydrogen-bond donors (Lipinski definition) is 3. The molecule has 0 spiro atoms. The van der Waals surface area contributed by atoms with Crippen molar-refractivity contribution in [3.63, 3.8) is 0 Å². The van der Waals surface area contributed by atoms with E-state index in [4.69, 9.17) is 33.7 Å². The summed E-state index contributed by atoms with van der Waals surface area (Å²) in [5, 5.41) is 5.37. The maximum atomic E-state index is 14.2. The van der Waals surface area contributed by atoms with Crippen LogP contribution in [0.15, 0.2) is 24.3 Å². The number of primary amides is 1. The van der Waals surface area contributed by atoms with Crippen molar-refractivity contribution in [2.45, 2.75) is 81.4 Å². The van der Waals surface area contributed by atoms with E-state index in [0.29, 0.717) is 19.3 Å². The molecule has 0 bridgehead atoms. The van der Waals surface area contributed by atoms with E-state index in [1.165, 1.54) is 4.90 Å². The number of Topliss-reactive ketones (excluding diaryl/α,β-unsaturated/α-hetero) is 1. The van der Waals surface area contributed by atoms with Crippen LogP contribution in [0, 0.1) is 17.8 Å². The zero-order chi connectivity index (χ0) is 29.6. The molecule has 40 heavy (non-hydrogen) atoms. The van der Waals surface area contributed by atoms with Crippen LogP contribution >= 0.6 is 23.2 Å². The van der Waals surface area contributed by atoms with E-state index in [2.05, 4.69) is 10.6 Å². The van der Waals surface area contributed by atoms with Gasteiger partial charge in [0.05, 0.1) is 6.04 Å². The number of nitrogens with zero attached hydrogens (tertiary/aromatic N) is 1. The maximum absolute atomic E-state index is 14.2. The summed E-state index contributed by atoms with van der Waals surface area (Å²) in [5.41, 5.74) is 6.57. The molecule has 0 radical (unpaired) electrons. The van der Waals surface area contributed by atoms with Crippen LogP contribution in [-0.4, -0.2) is 69.1 Å². The number of alkyl halides is 2. The number of hydrogen-bond acceptors (Lipinski definition) is 6. The van der Waals surface area contributed by atoms with Gasteiger partial charge in [-0.05, 0) is 57.1 Å². The lowest BCUT2D eigenvalue weighted by atomic mass is 9.94. The first kappa shape index (κ1) is 30.1. The molecule has 10 nitrogen and oxygen atoms in total. The summed E-state index contributed by atoms with van der Waals surface area (Å²) < 4.78 is 4.24. The zero-order valence-corrected chi connectivity index (χ0v) is 24.6. The second kappa shape index (κ2) is 11.2. The van der Waals surface area contributed by atoms with Crippen LogP contribution in [0.25, 0.3) is 0 Å². The van der Waals surface area contributed by atoms with Crippen LogP contribution in [0.5, 0.6) is 0 Å². The Bertz CT molecular complexity index is 1190. The molecule has 1 aromatic carbocycles. The summed E-state index contributed by atoms with van der Waals surface area (Å²) in [6.07, 6.45) is 1.06. The summed E-state index contributed by atoms with van der Waals surface area (Å²) in [5.74, 6) is -4.41. The van der Waals surface area contributed by atoms with Gasteiger partial charge in [-0.2, -0.15) is 0 Å². The number of fused-ring (bicyclic) bond motifs is 2. The third-order valence-electron chi connectivity index (χ3n) is 7.83. The van der Waals surface area contributed by atoms with E-state index >= 15 is 0 Å². The lowest BCUT2D eigenvalue weighted by molar-refractivity contribution is -0.143. The second-order valence-corrected chi connectivity index (χ2v) is 13.3. The number of halogens is 2. The Kier molecular flexibility index (Phi) is 8.43. The van der Waals surface area contributed by atoms with Crippen molar-refractivity contribution < 1.29 is 28.7 Å². The van der Waals surface area contributed by atoms with E-state index in [9.17, 15) is 24.0 Å². The number of benzene rings is 1. The molecule has 1 saturated heterocycles. The van der Waals surface area contributed by atoms with Crippen LogP contribution in [0.4, 0.5) is 4.79 Å². The Hall–Kier alpha value is -2.85. The highest BCUT2D eigenvalue weighted by molar-refractivity contribution is 6.51. The van der Waals surface area contributed by atoms with Crippen LogP contribution in [-0.2, 0) is 36.8 Å². The number of carbonyl (C=O) groups excluding carboxylic acids is 5. The smallest absolute Gasteiger partial charge is 0.408 e. The molecule has 12 heteroatoms. The van der Waals surface area contributed by atoms with Gasteiger partial charge in [0, 0.05) is 18.4 Å². The summed E-state index contributed by atoms with van der Waals surface area (Å²) in [7, 11) is 0. The number of ether oxygens (including phenoxy) is 1. The minimum atomic E-state index is -1.22. The number of piperidine rings is 1. The molecule has 1 saturated carbocycles. The molecule has 2 fully saturated rings. The largest absolute Gasteiger partial charge is 0.444 e. The van der Waals surface area contributed by atoms with E-state index in [1.807, 2.05) is 24.3 Å². The standard InChI is InChI=1S/C28H36Cl2N4O6/c1-5-8-18(22(35)23(31)36)32-24(37)21-19-17(28(19,29)30)13-34(21)25(38)20(33-26(39)40-27(2,3)4)16-11-14-9-6-7-10-15(14)12-16/h6-7,9-10,16-21H,5,8,11-13H2,1-4H3,(H2,31,36)(H,32,37)(H,33,39)/t17-,18-,19-,20-,21-/m0/s1. The Morgan fingerprint density at radius 1 is 1.10 bits per heavy atom. The third kappa shape index (κ3) is 6.07. The van der Waals surface area contributed by atoms with Crippen molar-refractivity contribution in [2.24, 2.45) is 23.5 Å². The molecule has 0 aromatic heterocycles. The van der Waals surface area contributed by atoms with Gasteiger partial charge in [0.2, 0.25) is 17.6 Å². The minimum Gasteiger partial charge on any atom is -0.444 e. The molecule has 1 aromatic rings. The van der Waals surface area contributed by atoms with Gasteiger partial charge in [-0.1, -0.05) is 37.6 Å². The van der Waals surface area contributed by atoms with Gasteiger partial charge in [0.25, 0.3) is 5.91 Å². The first-order valence-electron chi connectivity index (χ1n) is 13.5. The Morgan fingerprint density at radius 3 is 2.23 bits per heavy atom. The Labute approximate surface area is 243 Å². The molecule has 5 atom stereocenters. The van der Waals surface area contributed by atoms with Crippen LogP contribution < -0.4 is 16.4 Å². The predicted molar refractivity (Wildman–Crippen MR) is 148 cm³/mol. The second-order valence-electron chi connectivity index (χ2n) is 11.9. The molecule has 3 aliphatic rings.